The zero-order valence-electron chi connectivity index (χ0n) is 14.5. The first-order valence-electron chi connectivity index (χ1n) is 8.18. The average Bonchev–Trinajstić information content (AvgIpc) is 3.29. The Hall–Kier alpha value is -2.93. The van der Waals surface area contributed by atoms with Gasteiger partial charge in [0.2, 0.25) is 0 Å². The van der Waals surface area contributed by atoms with E-state index >= 15 is 0 Å². The van der Waals surface area contributed by atoms with E-state index in [1.54, 1.807) is 0 Å². The van der Waals surface area contributed by atoms with E-state index in [-0.39, 0.29) is 0 Å². The summed E-state index contributed by atoms with van der Waals surface area (Å²) >= 11 is 1.53. The van der Waals surface area contributed by atoms with E-state index in [2.05, 4.69) is 51.5 Å². The summed E-state index contributed by atoms with van der Waals surface area (Å²) in [5.74, 6) is 2.56. The van der Waals surface area contributed by atoms with Gasteiger partial charge in [-0.3, -0.25) is 0 Å². The van der Waals surface area contributed by atoms with E-state index < -0.39 is 0 Å². The largest absolute Gasteiger partial charge is 0.334 e. The topological polar surface area (TPSA) is 69.6 Å². The summed E-state index contributed by atoms with van der Waals surface area (Å²) in [4.78, 5) is 4.44. The first-order valence-corrected chi connectivity index (χ1v) is 9.16. The lowest BCUT2D eigenvalue weighted by atomic mass is 10.1. The predicted octanol–water partition coefficient (Wildman–Crippen LogP) is 4.13. The predicted molar refractivity (Wildman–Crippen MR) is 100 cm³/mol. The summed E-state index contributed by atoms with van der Waals surface area (Å²) in [6.07, 6.45) is 0. The molecule has 7 heteroatoms. The van der Waals surface area contributed by atoms with Crippen LogP contribution in [0, 0.1) is 6.92 Å². The third-order valence-electron chi connectivity index (χ3n) is 3.96. The monoisotopic (exact) mass is 363 g/mol. The summed E-state index contributed by atoms with van der Waals surface area (Å²) in [5.41, 5.74) is 3.18. The maximum Gasteiger partial charge on any atom is 0.257 e. The second-order valence-corrected chi connectivity index (χ2v) is 6.84. The highest BCUT2D eigenvalue weighted by atomic mass is 32.2. The standard InChI is InChI=1S/C19H17N5OS/c1-13-8-10-14(11-9-13)17-21-22-19(24(17)2)26-12-16-20-18(25-23-16)15-6-4-3-5-7-15/h3-11H,12H2,1-2H3. The van der Waals surface area contributed by atoms with E-state index in [0.29, 0.717) is 17.5 Å². The van der Waals surface area contributed by atoms with Crippen LogP contribution in [0.2, 0.25) is 0 Å². The summed E-state index contributed by atoms with van der Waals surface area (Å²) in [6.45, 7) is 2.07. The minimum atomic E-state index is 0.527. The lowest BCUT2D eigenvalue weighted by Gasteiger charge is -2.03. The van der Waals surface area contributed by atoms with Crippen LogP contribution in [-0.4, -0.2) is 24.9 Å². The molecule has 0 aliphatic rings. The molecule has 0 amide bonds. The molecular weight excluding hydrogens is 346 g/mol. The first-order chi connectivity index (χ1) is 12.7. The number of nitrogens with zero attached hydrogens (tertiary/aromatic N) is 5. The van der Waals surface area contributed by atoms with Crippen molar-refractivity contribution in [3.8, 4) is 22.8 Å². The second-order valence-electron chi connectivity index (χ2n) is 5.90. The van der Waals surface area contributed by atoms with Crippen LogP contribution in [-0.2, 0) is 12.8 Å². The molecule has 0 fully saturated rings. The maximum absolute atomic E-state index is 5.34. The van der Waals surface area contributed by atoms with Gasteiger partial charge in [0.25, 0.3) is 5.89 Å². The molecule has 0 unspecified atom stereocenters. The minimum absolute atomic E-state index is 0.527. The van der Waals surface area contributed by atoms with Gasteiger partial charge in [0, 0.05) is 18.2 Å². The Balaban J connectivity index is 1.47. The van der Waals surface area contributed by atoms with Gasteiger partial charge in [-0.1, -0.05) is 64.9 Å². The van der Waals surface area contributed by atoms with Crippen molar-refractivity contribution < 1.29 is 4.52 Å². The Bertz CT molecular complexity index is 1010. The second kappa shape index (κ2) is 7.13. The Morgan fingerprint density at radius 3 is 2.50 bits per heavy atom. The van der Waals surface area contributed by atoms with Crippen molar-refractivity contribution in [2.45, 2.75) is 17.8 Å². The van der Waals surface area contributed by atoms with Gasteiger partial charge in [-0.2, -0.15) is 4.98 Å². The summed E-state index contributed by atoms with van der Waals surface area (Å²) in [7, 11) is 1.96. The number of rotatable bonds is 5. The number of thioether (sulfide) groups is 1. The van der Waals surface area contributed by atoms with Gasteiger partial charge in [0.1, 0.15) is 0 Å². The van der Waals surface area contributed by atoms with Gasteiger partial charge in [0.15, 0.2) is 16.8 Å². The molecule has 26 heavy (non-hydrogen) atoms. The first kappa shape index (κ1) is 16.5. The molecule has 0 aliphatic heterocycles. The quantitative estimate of drug-likeness (QED) is 0.497. The van der Waals surface area contributed by atoms with Crippen molar-refractivity contribution >= 4 is 11.8 Å². The highest BCUT2D eigenvalue weighted by Gasteiger charge is 2.14. The van der Waals surface area contributed by atoms with Gasteiger partial charge in [-0.25, -0.2) is 0 Å². The van der Waals surface area contributed by atoms with Crippen LogP contribution in [0.5, 0.6) is 0 Å². The number of hydrogen-bond donors (Lipinski definition) is 0. The van der Waals surface area contributed by atoms with E-state index in [0.717, 1.165) is 22.1 Å². The van der Waals surface area contributed by atoms with Crippen molar-refractivity contribution in [1.29, 1.82) is 0 Å². The molecular formula is C19H17N5OS. The van der Waals surface area contributed by atoms with Crippen molar-refractivity contribution in [3.63, 3.8) is 0 Å². The summed E-state index contributed by atoms with van der Waals surface area (Å²) < 4.78 is 7.32. The molecule has 0 radical (unpaired) electrons. The Kier molecular flexibility index (Phi) is 4.53. The highest BCUT2D eigenvalue weighted by molar-refractivity contribution is 7.98. The van der Waals surface area contributed by atoms with Gasteiger partial charge in [-0.05, 0) is 19.1 Å². The molecule has 0 atom stereocenters. The average molecular weight is 363 g/mol. The number of aromatic nitrogens is 5. The smallest absolute Gasteiger partial charge is 0.257 e. The fraction of sp³-hybridized carbons (Fsp3) is 0.158. The van der Waals surface area contributed by atoms with Crippen LogP contribution < -0.4 is 0 Å². The lowest BCUT2D eigenvalue weighted by molar-refractivity contribution is 0.425. The lowest BCUT2D eigenvalue weighted by Crippen LogP contribution is -1.95. The maximum atomic E-state index is 5.34. The fourth-order valence-electron chi connectivity index (χ4n) is 2.53. The van der Waals surface area contributed by atoms with Crippen LogP contribution in [0.15, 0.2) is 64.3 Å². The van der Waals surface area contributed by atoms with Crippen molar-refractivity contribution in [3.05, 3.63) is 66.0 Å². The van der Waals surface area contributed by atoms with E-state index in [4.69, 9.17) is 4.52 Å². The van der Waals surface area contributed by atoms with Crippen LogP contribution in [0.3, 0.4) is 0 Å². The van der Waals surface area contributed by atoms with Crippen LogP contribution in [0.1, 0.15) is 11.4 Å². The molecule has 0 saturated heterocycles. The van der Waals surface area contributed by atoms with Gasteiger partial charge >= 0.3 is 0 Å². The zero-order chi connectivity index (χ0) is 17.9. The molecule has 130 valence electrons. The summed E-state index contributed by atoms with van der Waals surface area (Å²) in [6, 6.07) is 18.0. The Labute approximate surface area is 155 Å². The number of benzene rings is 2. The molecule has 4 rings (SSSR count). The van der Waals surface area contributed by atoms with E-state index in [9.17, 15) is 0 Å². The number of aryl methyl sites for hydroxylation is 1. The van der Waals surface area contributed by atoms with Gasteiger partial charge in [-0.15, -0.1) is 10.2 Å². The van der Waals surface area contributed by atoms with Crippen molar-refractivity contribution in [2.24, 2.45) is 7.05 Å². The SMILES string of the molecule is Cc1ccc(-c2nnc(SCc3noc(-c4ccccc4)n3)n2C)cc1. The van der Waals surface area contributed by atoms with E-state index in [1.165, 1.54) is 17.3 Å². The van der Waals surface area contributed by atoms with Crippen LogP contribution in [0.4, 0.5) is 0 Å². The normalized spacial score (nSPS) is 11.0. The molecule has 0 saturated carbocycles. The van der Waals surface area contributed by atoms with Crippen LogP contribution >= 0.6 is 11.8 Å². The van der Waals surface area contributed by atoms with Gasteiger partial charge in [0.05, 0.1) is 5.75 Å². The molecule has 2 aromatic heterocycles. The van der Waals surface area contributed by atoms with Crippen LogP contribution in [0.25, 0.3) is 22.8 Å². The van der Waals surface area contributed by atoms with Gasteiger partial charge < -0.3 is 9.09 Å². The van der Waals surface area contributed by atoms with Crippen molar-refractivity contribution in [1.82, 2.24) is 24.9 Å². The number of hydrogen-bond acceptors (Lipinski definition) is 6. The van der Waals surface area contributed by atoms with Crippen molar-refractivity contribution in [2.75, 3.05) is 0 Å². The molecule has 0 aliphatic carbocycles. The third-order valence-corrected chi connectivity index (χ3v) is 4.98. The molecule has 2 aromatic carbocycles. The molecule has 2 heterocycles. The third kappa shape index (κ3) is 3.39. The molecule has 0 N–H and O–H groups in total. The molecule has 4 aromatic rings. The zero-order valence-corrected chi connectivity index (χ0v) is 15.3. The molecule has 0 spiro atoms. The summed E-state index contributed by atoms with van der Waals surface area (Å²) in [5, 5.41) is 13.5. The molecule has 0 bridgehead atoms. The molecule has 6 nitrogen and oxygen atoms in total. The Morgan fingerprint density at radius 1 is 0.962 bits per heavy atom. The minimum Gasteiger partial charge on any atom is -0.334 e. The van der Waals surface area contributed by atoms with E-state index in [1.807, 2.05) is 41.9 Å². The fourth-order valence-corrected chi connectivity index (χ4v) is 3.29. The highest BCUT2D eigenvalue weighted by Crippen LogP contribution is 2.25. The Morgan fingerprint density at radius 2 is 1.73 bits per heavy atom.